The lowest BCUT2D eigenvalue weighted by Gasteiger charge is -2.58. The number of unbranched alkanes of at least 4 members (excludes halogenated alkanes) is 2. The number of aliphatic hydroxyl groups is 1. The lowest BCUT2D eigenvalue weighted by atomic mass is 9.47. The van der Waals surface area contributed by atoms with Crippen LogP contribution in [0, 0.1) is 52.3 Å². The van der Waals surface area contributed by atoms with E-state index in [1.165, 1.54) is 56.9 Å². The van der Waals surface area contributed by atoms with Crippen molar-refractivity contribution >= 4 is 23.9 Å². The first kappa shape index (κ1) is 63.7. The second-order valence-corrected chi connectivity index (χ2v) is 26.7. The zero-order valence-electron chi connectivity index (χ0n) is 52.1. The van der Waals surface area contributed by atoms with Crippen LogP contribution in [0.2, 0.25) is 0 Å². The molecule has 83 heavy (non-hydrogen) atoms. The van der Waals surface area contributed by atoms with Crippen molar-refractivity contribution < 1.29 is 43.2 Å². The fourth-order valence-electron chi connectivity index (χ4n) is 16.8. The summed E-state index contributed by atoms with van der Waals surface area (Å²) >= 11 is 0. The molecule has 4 aliphatic carbocycles. The smallest absolute Gasteiger partial charge is 0.407 e. The molecule has 8 unspecified atom stereocenters. The lowest BCUT2D eigenvalue weighted by molar-refractivity contribution is -0.153. The van der Waals surface area contributed by atoms with E-state index in [1.54, 1.807) is 19.1 Å². The number of rotatable bonds is 28. The largest absolute Gasteiger partial charge is 0.497 e. The zero-order chi connectivity index (χ0) is 59.3. The Labute approximate surface area is 498 Å². The Balaban J connectivity index is 0.876. The summed E-state index contributed by atoms with van der Waals surface area (Å²) in [5, 5.41) is 19.5. The number of aliphatic hydroxyl groups excluding tert-OH is 1. The van der Waals surface area contributed by atoms with Crippen molar-refractivity contribution in [3.8, 4) is 11.5 Å². The highest BCUT2D eigenvalue weighted by Gasteiger charge is 2.59. The van der Waals surface area contributed by atoms with Crippen LogP contribution >= 0.6 is 0 Å². The number of allylic oxidation sites excluding steroid dienone is 1. The molecule has 1 aliphatic heterocycles. The van der Waals surface area contributed by atoms with Crippen LogP contribution in [0.1, 0.15) is 200 Å². The summed E-state index contributed by atoms with van der Waals surface area (Å²) in [4.78, 5) is 56.3. The van der Waals surface area contributed by atoms with Crippen LogP contribution in [0.3, 0.4) is 0 Å². The van der Waals surface area contributed by atoms with E-state index in [-0.39, 0.29) is 67.8 Å². The quantitative estimate of drug-likeness (QED) is 0.0279. The zero-order valence-corrected chi connectivity index (χ0v) is 52.1. The molecule has 12 nitrogen and oxygen atoms in total. The number of alkyl carbamates (subject to hydrolysis) is 1. The number of likely N-dealkylation sites (tertiary alicyclic amines) is 1. The van der Waals surface area contributed by atoms with Crippen LogP contribution in [0.5, 0.6) is 11.5 Å². The monoisotopic (exact) mass is 1140 g/mol. The first-order valence-corrected chi connectivity index (χ1v) is 32.4. The van der Waals surface area contributed by atoms with Crippen LogP contribution in [-0.4, -0.2) is 92.1 Å². The number of esters is 1. The minimum Gasteiger partial charge on any atom is -0.497 e. The third-order valence-electron chi connectivity index (χ3n) is 21.2. The molecular formula is C71H103N3O9. The highest BCUT2D eigenvalue weighted by molar-refractivity contribution is 5.81. The predicted molar refractivity (Wildman–Crippen MR) is 329 cm³/mol. The van der Waals surface area contributed by atoms with Gasteiger partial charge in [-0.15, -0.1) is 0 Å². The number of nitrogens with zero attached hydrogens (tertiary/aromatic N) is 1. The molecule has 11 atom stereocenters. The van der Waals surface area contributed by atoms with Gasteiger partial charge >= 0.3 is 12.1 Å². The molecule has 3 amide bonds. The highest BCUT2D eigenvalue weighted by atomic mass is 16.6. The van der Waals surface area contributed by atoms with Crippen LogP contribution in [-0.2, 0) is 29.3 Å². The molecule has 3 aromatic rings. The van der Waals surface area contributed by atoms with Crippen molar-refractivity contribution in [3.63, 3.8) is 0 Å². The standard InChI is InChI=1S/C71H103N3O9/c1-10-19-54(20-11-2)73-64(75)38-39-66(77)83-63-47-74(46-59(63)67(78)71(50-23-14-12-15-24-50,51-26-31-55(80-8)32-27-51)52-28-33-56(81-9)34-29-52)65(76)25-16-13-17-44-72-68(79)82-57-40-42-69(6)53(45-57)30-35-58-61-37-36-60(49(5)22-18-21-48(3)4)70(61,7)43-41-62(58)69/h12,14-15,23-24,26-34,48-49,54,57-63,67,78H,10-11,13,16-22,25,35-47H2,1-9H3,(H,72,79)(H,73,75)/t49?,57?,58?,59?,60-,61?,62?,63?,67?,69+,70-/m1/s1. The Morgan fingerprint density at radius 3 is 2.01 bits per heavy atom. The molecule has 4 fully saturated rings. The number of carbonyl (C=O) groups excluding carboxylic acids is 4. The van der Waals surface area contributed by atoms with Gasteiger partial charge in [-0.2, -0.15) is 0 Å². The summed E-state index contributed by atoms with van der Waals surface area (Å²) in [5.74, 6) is 4.45. The lowest BCUT2D eigenvalue weighted by Crippen LogP contribution is -2.51. The molecule has 1 saturated heterocycles. The van der Waals surface area contributed by atoms with Gasteiger partial charge in [-0.25, -0.2) is 4.79 Å². The Bertz CT molecular complexity index is 2550. The van der Waals surface area contributed by atoms with Gasteiger partial charge in [0.2, 0.25) is 11.8 Å². The molecule has 3 N–H and O–H groups in total. The van der Waals surface area contributed by atoms with Crippen LogP contribution in [0.25, 0.3) is 0 Å². The normalized spacial score (nSPS) is 26.5. The maximum absolute atomic E-state index is 14.3. The fourth-order valence-corrected chi connectivity index (χ4v) is 16.8. The molecule has 0 bridgehead atoms. The van der Waals surface area contributed by atoms with Gasteiger partial charge in [-0.1, -0.05) is 153 Å². The van der Waals surface area contributed by atoms with Crippen molar-refractivity contribution in [2.24, 2.45) is 52.3 Å². The van der Waals surface area contributed by atoms with Gasteiger partial charge in [-0.3, -0.25) is 14.4 Å². The van der Waals surface area contributed by atoms with E-state index in [2.05, 4.69) is 65.2 Å². The average molecular weight is 1140 g/mol. The van der Waals surface area contributed by atoms with Crippen LogP contribution < -0.4 is 20.1 Å². The third kappa shape index (κ3) is 14.7. The second-order valence-electron chi connectivity index (χ2n) is 26.7. The summed E-state index contributed by atoms with van der Waals surface area (Å²) in [7, 11) is 3.23. The summed E-state index contributed by atoms with van der Waals surface area (Å²) in [6.07, 6.45) is 19.2. The number of ether oxygens (including phenoxy) is 4. The molecule has 8 rings (SSSR count). The first-order chi connectivity index (χ1) is 40.0. The van der Waals surface area contributed by atoms with Gasteiger partial charge in [0.05, 0.1) is 38.7 Å². The van der Waals surface area contributed by atoms with E-state index in [1.807, 2.05) is 78.9 Å². The van der Waals surface area contributed by atoms with Gasteiger partial charge in [0.25, 0.3) is 0 Å². The molecule has 3 aromatic carbocycles. The summed E-state index contributed by atoms with van der Waals surface area (Å²) in [6, 6.07) is 25.1. The molecular weight excluding hydrogens is 1040 g/mol. The minimum atomic E-state index is -1.23. The molecule has 0 aromatic heterocycles. The minimum absolute atomic E-state index is 0.0262. The van der Waals surface area contributed by atoms with E-state index < -0.39 is 29.5 Å². The summed E-state index contributed by atoms with van der Waals surface area (Å²) < 4.78 is 23.6. The third-order valence-corrected chi connectivity index (χ3v) is 21.2. The topological polar surface area (TPSA) is 153 Å². The average Bonchev–Trinajstić information content (AvgIpc) is 2.21. The molecule has 0 radical (unpaired) electrons. The van der Waals surface area contributed by atoms with E-state index in [0.717, 1.165) is 91.2 Å². The van der Waals surface area contributed by atoms with Crippen molar-refractivity contribution in [2.45, 2.75) is 213 Å². The molecule has 12 heteroatoms. The van der Waals surface area contributed by atoms with Crippen molar-refractivity contribution in [1.82, 2.24) is 15.5 Å². The maximum Gasteiger partial charge on any atom is 0.407 e. The second kappa shape index (κ2) is 29.2. The van der Waals surface area contributed by atoms with E-state index in [9.17, 15) is 24.3 Å². The molecule has 1 heterocycles. The van der Waals surface area contributed by atoms with Crippen molar-refractivity contribution in [3.05, 3.63) is 107 Å². The summed E-state index contributed by atoms with van der Waals surface area (Å²) in [6.45, 7) is 17.3. The van der Waals surface area contributed by atoms with E-state index >= 15 is 0 Å². The summed E-state index contributed by atoms with van der Waals surface area (Å²) in [5.41, 5.74) is 3.32. The number of amides is 3. The van der Waals surface area contributed by atoms with Crippen LogP contribution in [0.4, 0.5) is 4.79 Å². The predicted octanol–water partition coefficient (Wildman–Crippen LogP) is 14.3. The van der Waals surface area contributed by atoms with Gasteiger partial charge < -0.3 is 39.6 Å². The number of benzene rings is 3. The number of methoxy groups -OCH3 is 2. The highest BCUT2D eigenvalue weighted by Crippen LogP contribution is 2.67. The molecule has 0 spiro atoms. The Morgan fingerprint density at radius 1 is 0.711 bits per heavy atom. The van der Waals surface area contributed by atoms with Crippen LogP contribution in [0.15, 0.2) is 90.5 Å². The molecule has 456 valence electrons. The van der Waals surface area contributed by atoms with Gasteiger partial charge in [0, 0.05) is 44.3 Å². The van der Waals surface area contributed by atoms with E-state index in [0.29, 0.717) is 48.6 Å². The SMILES string of the molecule is CCCC(CCC)NC(=O)CCC(=O)OC1CN(C(=O)CCCCCNC(=O)OC2CC[C@@]3(C)C(=CCC4C3CC[C@@]3(C)C4CC[C@@H]3C(C)CCCC(C)C)C2)CC1C(O)C(c1ccccc1)(c1ccc(OC)cc1)c1ccc(OC)cc1. The number of hydrogen-bond acceptors (Lipinski definition) is 9. The Morgan fingerprint density at radius 2 is 1.37 bits per heavy atom. The van der Waals surface area contributed by atoms with Gasteiger partial charge in [-0.05, 0) is 158 Å². The number of nitrogens with one attached hydrogen (secondary N) is 2. The number of fused-ring (bicyclic) bond motifs is 5. The van der Waals surface area contributed by atoms with Crippen molar-refractivity contribution in [1.29, 1.82) is 0 Å². The van der Waals surface area contributed by atoms with E-state index in [4.69, 9.17) is 18.9 Å². The first-order valence-electron chi connectivity index (χ1n) is 32.4. The van der Waals surface area contributed by atoms with Crippen molar-refractivity contribution in [2.75, 3.05) is 33.9 Å². The Hall–Kier alpha value is -5.36. The fraction of sp³-hybridized carbons (Fsp3) is 0.662. The molecule has 5 aliphatic rings. The van der Waals surface area contributed by atoms with Gasteiger partial charge in [0.1, 0.15) is 23.7 Å². The number of hydrogen-bond donors (Lipinski definition) is 3. The maximum atomic E-state index is 14.3. The van der Waals surface area contributed by atoms with Gasteiger partial charge in [0.15, 0.2) is 0 Å². The number of carbonyl (C=O) groups is 4. The molecule has 3 saturated carbocycles. The Kier molecular flexibility index (Phi) is 22.4.